The summed E-state index contributed by atoms with van der Waals surface area (Å²) in [5, 5.41) is 5.57. The number of carbonyl (C=O) groups excluding carboxylic acids is 1. The molecule has 1 amide bonds. The van der Waals surface area contributed by atoms with Crippen LogP contribution in [0, 0.1) is 0 Å². The molecule has 0 heterocycles. The Morgan fingerprint density at radius 2 is 1.06 bits per heavy atom. The Kier molecular flexibility index (Phi) is 8.48. The molecule has 3 nitrogen and oxygen atoms in total. The first kappa shape index (κ1) is 25.3. The maximum atomic E-state index is 13.2. The van der Waals surface area contributed by atoms with Crippen molar-refractivity contribution in [2.45, 2.75) is 12.1 Å². The minimum Gasteiger partial charge on any atom is -0.343 e. The molecule has 4 aromatic rings. The Hall–Kier alpha value is -2.82. The van der Waals surface area contributed by atoms with Crippen LogP contribution in [0.3, 0.4) is 0 Å². The molecule has 0 aliphatic rings. The molecule has 4 rings (SSSR count). The molecule has 0 aromatic heterocycles. The molecule has 1 N–H and O–H groups in total. The minimum atomic E-state index is -0.500. The van der Waals surface area contributed by atoms with Crippen molar-refractivity contribution in [3.05, 3.63) is 139 Å². The van der Waals surface area contributed by atoms with Gasteiger partial charge in [0, 0.05) is 31.9 Å². The summed E-state index contributed by atoms with van der Waals surface area (Å²) in [7, 11) is 0. The zero-order valence-corrected chi connectivity index (χ0v) is 21.4. The molecule has 0 saturated carbocycles. The fourth-order valence-electron chi connectivity index (χ4n) is 3.58. The number of hydrogen-bond donors (Lipinski definition) is 1. The fourth-order valence-corrected chi connectivity index (χ4v) is 4.08. The van der Waals surface area contributed by atoms with Crippen molar-refractivity contribution in [2.24, 2.45) is 4.99 Å². The second-order valence-electron chi connectivity index (χ2n) is 7.84. The van der Waals surface area contributed by atoms with E-state index in [2.05, 4.69) is 5.32 Å². The number of nitrogens with one attached hydrogen (secondary N) is 1. The lowest BCUT2D eigenvalue weighted by molar-refractivity contribution is 0.0930. The molecule has 0 aliphatic carbocycles. The van der Waals surface area contributed by atoms with Gasteiger partial charge in [-0.25, -0.2) is 0 Å². The van der Waals surface area contributed by atoms with E-state index in [1.54, 1.807) is 54.7 Å². The van der Waals surface area contributed by atoms with E-state index in [-0.39, 0.29) is 5.91 Å². The molecule has 0 fully saturated rings. The van der Waals surface area contributed by atoms with Crippen molar-refractivity contribution < 1.29 is 4.79 Å². The molecule has 7 heteroatoms. The van der Waals surface area contributed by atoms with Crippen molar-refractivity contribution in [1.82, 2.24) is 5.32 Å². The smallest absolute Gasteiger partial charge is 0.251 e. The molecule has 0 bridgehead atoms. The normalized spacial score (nSPS) is 12.9. The van der Waals surface area contributed by atoms with Crippen LogP contribution in [0.5, 0.6) is 0 Å². The highest BCUT2D eigenvalue weighted by Crippen LogP contribution is 2.34. The van der Waals surface area contributed by atoms with Crippen molar-refractivity contribution in [1.29, 1.82) is 0 Å². The molecular formula is C28H20Cl4N2O. The monoisotopic (exact) mass is 540 g/mol. The van der Waals surface area contributed by atoms with Crippen molar-refractivity contribution >= 4 is 58.5 Å². The third kappa shape index (κ3) is 6.87. The largest absolute Gasteiger partial charge is 0.343 e. The Morgan fingerprint density at radius 1 is 0.629 bits per heavy atom. The molecule has 176 valence electrons. The third-order valence-electron chi connectivity index (χ3n) is 5.40. The van der Waals surface area contributed by atoms with Crippen molar-refractivity contribution in [3.8, 4) is 0 Å². The zero-order chi connectivity index (χ0) is 24.8. The number of amides is 1. The number of halogens is 4. The lowest BCUT2D eigenvalue weighted by Crippen LogP contribution is -2.32. The van der Waals surface area contributed by atoms with Gasteiger partial charge in [0.1, 0.15) is 0 Å². The van der Waals surface area contributed by atoms with Gasteiger partial charge in [0.05, 0.1) is 12.1 Å². The quantitative estimate of drug-likeness (QED) is 0.234. The highest BCUT2D eigenvalue weighted by atomic mass is 35.5. The van der Waals surface area contributed by atoms with E-state index >= 15 is 0 Å². The number of aliphatic imine (C=N–C) groups is 1. The SMILES string of the molecule is O=C(N[C@@H](c1ccc(Cl)cc1)[C@H](/N=C/c1ccc(Cl)cc1)c1ccc(Cl)cc1)c1ccc(Cl)cc1. The third-order valence-corrected chi connectivity index (χ3v) is 6.41. The minimum absolute atomic E-state index is 0.248. The predicted molar refractivity (Wildman–Crippen MR) is 146 cm³/mol. The summed E-state index contributed by atoms with van der Waals surface area (Å²) in [5.41, 5.74) is 3.11. The Balaban J connectivity index is 1.76. The summed E-state index contributed by atoms with van der Waals surface area (Å²) in [6.45, 7) is 0. The second kappa shape index (κ2) is 11.7. The summed E-state index contributed by atoms with van der Waals surface area (Å²) >= 11 is 24.3. The van der Waals surface area contributed by atoms with Gasteiger partial charge in [-0.3, -0.25) is 9.79 Å². The molecule has 0 aliphatic heterocycles. The zero-order valence-electron chi connectivity index (χ0n) is 18.3. The van der Waals surface area contributed by atoms with E-state index in [1.165, 1.54) is 0 Å². The van der Waals surface area contributed by atoms with Crippen LogP contribution in [0.2, 0.25) is 20.1 Å². The summed E-state index contributed by atoms with van der Waals surface area (Å²) in [4.78, 5) is 18.1. The Morgan fingerprint density at radius 3 is 1.57 bits per heavy atom. The molecule has 2 atom stereocenters. The van der Waals surface area contributed by atoms with E-state index in [4.69, 9.17) is 51.4 Å². The van der Waals surface area contributed by atoms with Crippen LogP contribution in [0.15, 0.2) is 102 Å². The lowest BCUT2D eigenvalue weighted by Gasteiger charge is -2.26. The summed E-state index contributed by atoms with van der Waals surface area (Å²) < 4.78 is 0. The van der Waals surface area contributed by atoms with Crippen LogP contribution in [0.4, 0.5) is 0 Å². The van der Waals surface area contributed by atoms with Gasteiger partial charge in [0.25, 0.3) is 5.91 Å². The molecule has 0 saturated heterocycles. The lowest BCUT2D eigenvalue weighted by atomic mass is 9.93. The topological polar surface area (TPSA) is 41.5 Å². The summed E-state index contributed by atoms with van der Waals surface area (Å²) in [6.07, 6.45) is 1.77. The second-order valence-corrected chi connectivity index (χ2v) is 9.58. The molecule has 4 aromatic carbocycles. The fraction of sp³-hybridized carbons (Fsp3) is 0.0714. The maximum Gasteiger partial charge on any atom is 0.251 e. The standard InChI is InChI=1S/C28H20Cl4N2O/c29-22-9-1-18(2-10-22)17-33-26(19-3-11-23(30)12-4-19)27(20-5-13-24(31)14-6-20)34-28(35)21-7-15-25(32)16-8-21/h1-17,26-27H,(H,34,35)/b33-17+/t26-,27+/m1/s1. The van der Waals surface area contributed by atoms with Gasteiger partial charge >= 0.3 is 0 Å². The highest BCUT2D eigenvalue weighted by Gasteiger charge is 2.26. The average molecular weight is 542 g/mol. The van der Waals surface area contributed by atoms with Gasteiger partial charge in [-0.05, 0) is 77.4 Å². The van der Waals surface area contributed by atoms with Gasteiger partial charge < -0.3 is 5.32 Å². The molecular weight excluding hydrogens is 522 g/mol. The van der Waals surface area contributed by atoms with Crippen LogP contribution in [0.25, 0.3) is 0 Å². The molecule has 0 spiro atoms. The van der Waals surface area contributed by atoms with Crippen LogP contribution in [-0.4, -0.2) is 12.1 Å². The number of benzene rings is 4. The van der Waals surface area contributed by atoms with Crippen LogP contribution in [-0.2, 0) is 0 Å². The van der Waals surface area contributed by atoms with Crippen molar-refractivity contribution in [3.63, 3.8) is 0 Å². The number of nitrogens with zero attached hydrogens (tertiary/aromatic N) is 1. The van der Waals surface area contributed by atoms with Gasteiger partial charge in [0.15, 0.2) is 0 Å². The van der Waals surface area contributed by atoms with E-state index < -0.39 is 12.1 Å². The van der Waals surface area contributed by atoms with E-state index in [0.29, 0.717) is 25.7 Å². The number of carbonyl (C=O) groups is 1. The van der Waals surface area contributed by atoms with Crippen molar-refractivity contribution in [2.75, 3.05) is 0 Å². The number of rotatable bonds is 7. The van der Waals surface area contributed by atoms with Crippen LogP contribution >= 0.6 is 46.4 Å². The first-order chi connectivity index (χ1) is 16.9. The van der Waals surface area contributed by atoms with Crippen LogP contribution < -0.4 is 5.32 Å². The van der Waals surface area contributed by atoms with E-state index in [9.17, 15) is 4.79 Å². The number of hydrogen-bond acceptors (Lipinski definition) is 2. The van der Waals surface area contributed by atoms with E-state index in [1.807, 2.05) is 48.5 Å². The van der Waals surface area contributed by atoms with E-state index in [0.717, 1.165) is 16.7 Å². The first-order valence-corrected chi connectivity index (χ1v) is 12.3. The first-order valence-electron chi connectivity index (χ1n) is 10.7. The van der Waals surface area contributed by atoms with Gasteiger partial charge in [0.2, 0.25) is 0 Å². The van der Waals surface area contributed by atoms with Crippen LogP contribution in [0.1, 0.15) is 39.1 Å². The van der Waals surface area contributed by atoms with Gasteiger partial charge in [-0.1, -0.05) is 82.8 Å². The highest BCUT2D eigenvalue weighted by molar-refractivity contribution is 6.31. The van der Waals surface area contributed by atoms with Gasteiger partial charge in [-0.15, -0.1) is 0 Å². The van der Waals surface area contributed by atoms with Gasteiger partial charge in [-0.2, -0.15) is 0 Å². The Bertz CT molecular complexity index is 1300. The maximum absolute atomic E-state index is 13.2. The molecule has 0 unspecified atom stereocenters. The molecule has 35 heavy (non-hydrogen) atoms. The molecule has 0 radical (unpaired) electrons. The average Bonchev–Trinajstić information content (AvgIpc) is 2.86. The summed E-state index contributed by atoms with van der Waals surface area (Å²) in [6, 6.07) is 27.9. The predicted octanol–water partition coefficient (Wildman–Crippen LogP) is 8.63. The Labute approximate surface area is 224 Å². The summed E-state index contributed by atoms with van der Waals surface area (Å²) in [5.74, 6) is -0.248.